The van der Waals surface area contributed by atoms with Crippen LogP contribution in [0.15, 0.2) is 231 Å². The van der Waals surface area contributed by atoms with Gasteiger partial charge in [0.1, 0.15) is 13.2 Å². The van der Waals surface area contributed by atoms with Crippen LogP contribution in [0.3, 0.4) is 0 Å². The van der Waals surface area contributed by atoms with Gasteiger partial charge in [-0.2, -0.15) is 0 Å². The molecule has 1 unspecified atom stereocenters. The maximum atomic E-state index is 12.9. The Balaban J connectivity index is 4.63. The molecule has 0 saturated heterocycles. The van der Waals surface area contributed by atoms with E-state index in [0.29, 0.717) is 12.8 Å². The van der Waals surface area contributed by atoms with Gasteiger partial charge in [0, 0.05) is 12.8 Å². The minimum atomic E-state index is -0.887. The van der Waals surface area contributed by atoms with Gasteiger partial charge in [0.15, 0.2) is 6.10 Å². The molecule has 0 rings (SSSR count). The number of allylic oxidation sites excluding steroid dienone is 37. The van der Waals surface area contributed by atoms with Gasteiger partial charge in [-0.3, -0.25) is 14.4 Å². The fraction of sp³-hybridized carbons (Fsp3) is 0.453. The van der Waals surface area contributed by atoms with Gasteiger partial charge in [-0.25, -0.2) is 0 Å². The van der Waals surface area contributed by atoms with E-state index >= 15 is 0 Å². The molecule has 0 fully saturated rings. The largest absolute Gasteiger partial charge is 0.462 e. The second-order valence-corrected chi connectivity index (χ2v) is 19.1. The zero-order valence-electron chi connectivity index (χ0n) is 50.7. The summed E-state index contributed by atoms with van der Waals surface area (Å²) in [5.74, 6) is -1.23. The van der Waals surface area contributed by atoms with Crippen LogP contribution in [-0.2, 0) is 28.6 Å². The third-order valence-electron chi connectivity index (χ3n) is 11.7. The Hall–Kier alpha value is -6.53. The third-order valence-corrected chi connectivity index (χ3v) is 11.7. The van der Waals surface area contributed by atoms with Crippen molar-refractivity contribution < 1.29 is 28.6 Å². The number of rotatable bonds is 52. The molecule has 0 aromatic rings. The van der Waals surface area contributed by atoms with Crippen LogP contribution >= 0.6 is 0 Å². The smallest absolute Gasteiger partial charge is 0.309 e. The highest BCUT2D eigenvalue weighted by atomic mass is 16.6. The average Bonchev–Trinajstić information content (AvgIpc) is 3.47. The molecule has 1 atom stereocenters. The van der Waals surface area contributed by atoms with E-state index in [4.69, 9.17) is 14.2 Å². The molecule has 6 heteroatoms. The maximum Gasteiger partial charge on any atom is 0.309 e. The molecule has 0 aromatic carbocycles. The van der Waals surface area contributed by atoms with Crippen LogP contribution in [0.5, 0.6) is 0 Å². The third kappa shape index (κ3) is 64.2. The number of esters is 3. The van der Waals surface area contributed by atoms with E-state index in [2.05, 4.69) is 227 Å². The molecule has 0 aliphatic carbocycles. The summed E-state index contributed by atoms with van der Waals surface area (Å²) in [4.78, 5) is 38.2. The molecule has 0 aliphatic rings. The first-order valence-electron chi connectivity index (χ1n) is 30.9. The lowest BCUT2D eigenvalue weighted by Gasteiger charge is -2.18. The van der Waals surface area contributed by atoms with E-state index in [1.165, 1.54) is 0 Å². The van der Waals surface area contributed by atoms with E-state index in [9.17, 15) is 14.4 Å². The Labute approximate surface area is 494 Å². The predicted octanol–water partition coefficient (Wildman–Crippen LogP) is 21.5. The maximum absolute atomic E-state index is 12.9. The normalized spacial score (nSPS) is 13.8. The quantitative estimate of drug-likeness (QED) is 0.0261. The lowest BCUT2D eigenvalue weighted by atomic mass is 10.1. The summed E-state index contributed by atoms with van der Waals surface area (Å²) in [7, 11) is 0. The van der Waals surface area contributed by atoms with Crippen LogP contribution in [0, 0.1) is 0 Å². The standard InChI is InChI=1S/C75H108O6/c1-4-7-10-13-16-19-22-25-28-30-32-33-34-35-36-37-38-39-40-41-43-44-47-50-53-56-59-62-65-68-74(77)80-71-72(70-79-73(76)67-64-61-58-55-52-49-46-27-24-21-18-15-12-9-6-3)81-75(78)69-66-63-60-57-54-51-48-45-42-31-29-26-23-20-17-14-11-8-5-2/h7-12,16-21,25-29,32-33,35-36,38-39,41-43,45-47,50-52,54-55,60-61,63-64,72H,4-6,13-15,22-24,30-31,34,37,40,44,48-49,53,56-59,62,65-71H2,1-3H3/b10-7-,11-8-,12-9-,19-16-,20-17-,21-18-,28-25-,29-26-,33-32-,36-35-,39-38-,43-41-,45-42-,46-27-,50-47-,54-51-,55-52-,63-60-,64-61-. The van der Waals surface area contributed by atoms with Crippen molar-refractivity contribution in [2.45, 2.75) is 207 Å². The number of carbonyl (C=O) groups excluding carboxylic acids is 3. The van der Waals surface area contributed by atoms with Crippen molar-refractivity contribution in [3.63, 3.8) is 0 Å². The van der Waals surface area contributed by atoms with E-state index in [1.54, 1.807) is 6.08 Å². The fourth-order valence-corrected chi connectivity index (χ4v) is 7.20. The first kappa shape index (κ1) is 74.5. The molecule has 0 heterocycles. The SMILES string of the molecule is CC/C=C\C/C=C\C/C=C\C/C=C\C/C=C\C/C=C\C/C=C\C/C=C\CCCCCCC(=O)OCC(COC(=O)C/C=C\C/C=C\C/C=C\C/C=C\C/C=C\CC)OC(=O)CC/C=C\C/C=C\C/C=C\C/C=C\C/C=C\C/C=C\CC. The van der Waals surface area contributed by atoms with Crippen molar-refractivity contribution in [1.82, 2.24) is 0 Å². The minimum Gasteiger partial charge on any atom is -0.462 e. The van der Waals surface area contributed by atoms with Gasteiger partial charge in [0.2, 0.25) is 0 Å². The van der Waals surface area contributed by atoms with Gasteiger partial charge in [-0.1, -0.05) is 265 Å². The van der Waals surface area contributed by atoms with Crippen molar-refractivity contribution >= 4 is 17.9 Å². The summed E-state index contributed by atoms with van der Waals surface area (Å²) in [6.07, 6.45) is 105. The Morgan fingerprint density at radius 1 is 0.259 bits per heavy atom. The molecule has 0 spiro atoms. The Morgan fingerprint density at radius 3 is 0.840 bits per heavy atom. The molecule has 0 aliphatic heterocycles. The average molecular weight is 1110 g/mol. The van der Waals surface area contributed by atoms with Crippen molar-refractivity contribution in [3.8, 4) is 0 Å². The van der Waals surface area contributed by atoms with Crippen LogP contribution in [-0.4, -0.2) is 37.2 Å². The second kappa shape index (κ2) is 66.0. The molecular weight excluding hydrogens is 997 g/mol. The molecule has 0 amide bonds. The molecule has 81 heavy (non-hydrogen) atoms. The Morgan fingerprint density at radius 2 is 0.519 bits per heavy atom. The lowest BCUT2D eigenvalue weighted by Crippen LogP contribution is -2.30. The van der Waals surface area contributed by atoms with Crippen LogP contribution < -0.4 is 0 Å². The summed E-state index contributed by atoms with van der Waals surface area (Å²) in [6.45, 7) is 6.09. The highest BCUT2D eigenvalue weighted by Crippen LogP contribution is 2.10. The van der Waals surface area contributed by atoms with E-state index < -0.39 is 18.0 Å². The first-order valence-corrected chi connectivity index (χ1v) is 30.9. The molecule has 0 aromatic heterocycles. The molecule has 6 nitrogen and oxygen atoms in total. The summed E-state index contributed by atoms with van der Waals surface area (Å²) in [6, 6.07) is 0. The summed E-state index contributed by atoms with van der Waals surface area (Å²) >= 11 is 0. The lowest BCUT2D eigenvalue weighted by molar-refractivity contribution is -0.166. The van der Waals surface area contributed by atoms with E-state index in [-0.39, 0.29) is 38.4 Å². The van der Waals surface area contributed by atoms with Crippen LogP contribution in [0.25, 0.3) is 0 Å². The highest BCUT2D eigenvalue weighted by molar-refractivity contribution is 5.72. The van der Waals surface area contributed by atoms with Crippen molar-refractivity contribution in [2.75, 3.05) is 13.2 Å². The van der Waals surface area contributed by atoms with Gasteiger partial charge in [0.25, 0.3) is 0 Å². The summed E-state index contributed by atoms with van der Waals surface area (Å²) in [5, 5.41) is 0. The van der Waals surface area contributed by atoms with Gasteiger partial charge < -0.3 is 14.2 Å². The molecule has 0 bridgehead atoms. The van der Waals surface area contributed by atoms with Crippen molar-refractivity contribution in [1.29, 1.82) is 0 Å². The molecule has 0 N–H and O–H groups in total. The van der Waals surface area contributed by atoms with Gasteiger partial charge in [-0.05, 0) is 148 Å². The monoisotopic (exact) mass is 1100 g/mol. The molecule has 0 radical (unpaired) electrons. The number of unbranched alkanes of at least 4 members (excludes halogenated alkanes) is 4. The van der Waals surface area contributed by atoms with Gasteiger partial charge in [0.05, 0.1) is 6.42 Å². The van der Waals surface area contributed by atoms with Gasteiger partial charge >= 0.3 is 17.9 Å². The Kier molecular flexibility index (Phi) is 60.7. The number of ether oxygens (including phenoxy) is 3. The molecule has 444 valence electrons. The van der Waals surface area contributed by atoms with E-state index in [0.717, 1.165) is 148 Å². The number of carbonyl (C=O) groups is 3. The molecular formula is C75H108O6. The van der Waals surface area contributed by atoms with Crippen molar-refractivity contribution in [2.24, 2.45) is 0 Å². The topological polar surface area (TPSA) is 78.9 Å². The fourth-order valence-electron chi connectivity index (χ4n) is 7.20. The number of hydrogen-bond acceptors (Lipinski definition) is 6. The van der Waals surface area contributed by atoms with Crippen LogP contribution in [0.2, 0.25) is 0 Å². The molecule has 0 saturated carbocycles. The minimum absolute atomic E-state index is 0.0925. The summed E-state index contributed by atoms with van der Waals surface area (Å²) < 4.78 is 16.7. The number of hydrogen-bond donors (Lipinski definition) is 0. The Bertz CT molecular complexity index is 2090. The van der Waals surface area contributed by atoms with E-state index in [1.807, 2.05) is 18.2 Å². The van der Waals surface area contributed by atoms with Gasteiger partial charge in [-0.15, -0.1) is 0 Å². The summed E-state index contributed by atoms with van der Waals surface area (Å²) in [5.41, 5.74) is 0. The second-order valence-electron chi connectivity index (χ2n) is 19.1. The van der Waals surface area contributed by atoms with Crippen molar-refractivity contribution in [3.05, 3.63) is 231 Å². The highest BCUT2D eigenvalue weighted by Gasteiger charge is 2.19. The zero-order valence-corrected chi connectivity index (χ0v) is 50.7. The predicted molar refractivity (Wildman–Crippen MR) is 352 cm³/mol. The van der Waals surface area contributed by atoms with Crippen LogP contribution in [0.1, 0.15) is 201 Å². The van der Waals surface area contributed by atoms with Crippen LogP contribution in [0.4, 0.5) is 0 Å². The first-order chi connectivity index (χ1) is 40.0. The zero-order chi connectivity index (χ0) is 58.5.